The molecule has 4 aromatic rings. The van der Waals surface area contributed by atoms with Crippen LogP contribution >= 0.6 is 0 Å². The normalized spacial score (nSPS) is 15.7. The molecule has 0 unspecified atom stereocenters. The minimum absolute atomic E-state index is 0.199. The van der Waals surface area contributed by atoms with Gasteiger partial charge in [0.2, 0.25) is 0 Å². The molecule has 168 valence electrons. The van der Waals surface area contributed by atoms with Crippen LogP contribution in [0.15, 0.2) is 61.2 Å². The second-order valence-electron chi connectivity index (χ2n) is 8.18. The fraction of sp³-hybridized carbons (Fsp3) is 0.250. The summed E-state index contributed by atoms with van der Waals surface area (Å²) in [4.78, 5) is 35.2. The number of nitrogens with zero attached hydrogens (tertiary/aromatic N) is 6. The molecule has 1 amide bonds. The Labute approximate surface area is 190 Å². The van der Waals surface area contributed by atoms with Gasteiger partial charge < -0.3 is 19.7 Å². The summed E-state index contributed by atoms with van der Waals surface area (Å²) in [5.41, 5.74) is 1.93. The van der Waals surface area contributed by atoms with Crippen molar-refractivity contribution in [3.63, 3.8) is 0 Å². The average Bonchev–Trinajstić information content (AvgIpc) is 3.53. The number of aromatic amines is 1. The molecule has 33 heavy (non-hydrogen) atoms. The van der Waals surface area contributed by atoms with Gasteiger partial charge in [0.25, 0.3) is 5.91 Å². The third-order valence-electron chi connectivity index (χ3n) is 6.22. The molecule has 0 spiro atoms. The number of likely N-dealkylation sites (N-methyl/N-ethyl adjacent to an activating group) is 1. The number of anilines is 3. The van der Waals surface area contributed by atoms with Gasteiger partial charge in [-0.3, -0.25) is 4.79 Å². The first kappa shape index (κ1) is 20.9. The highest BCUT2D eigenvalue weighted by atomic mass is 19.1. The van der Waals surface area contributed by atoms with E-state index >= 15 is 0 Å². The zero-order valence-electron chi connectivity index (χ0n) is 18.4. The summed E-state index contributed by atoms with van der Waals surface area (Å²) in [5, 5.41) is 1.02. The first-order valence-corrected chi connectivity index (χ1v) is 10.8. The molecule has 1 aromatic carbocycles. The molecule has 1 aliphatic rings. The van der Waals surface area contributed by atoms with Crippen molar-refractivity contribution in [2.24, 2.45) is 0 Å². The Morgan fingerprint density at radius 1 is 1.09 bits per heavy atom. The van der Waals surface area contributed by atoms with Crippen molar-refractivity contribution in [2.75, 3.05) is 41.9 Å². The Morgan fingerprint density at radius 2 is 1.91 bits per heavy atom. The Balaban J connectivity index is 1.27. The Morgan fingerprint density at radius 3 is 2.67 bits per heavy atom. The molecule has 0 bridgehead atoms. The SMILES string of the molecule is CN(C(=O)c1ccc(N(C)[C@@H]2CCN(c3ncnc4[nH]ccc34)C2)nc1)c1ccc(F)cc1. The van der Waals surface area contributed by atoms with Gasteiger partial charge in [-0.1, -0.05) is 0 Å². The summed E-state index contributed by atoms with van der Waals surface area (Å²) < 4.78 is 13.2. The Bertz CT molecular complexity index is 1270. The first-order chi connectivity index (χ1) is 16.0. The second kappa shape index (κ2) is 8.50. The summed E-state index contributed by atoms with van der Waals surface area (Å²) in [5.74, 6) is 1.21. The molecule has 0 aliphatic carbocycles. The zero-order chi connectivity index (χ0) is 22.9. The highest BCUT2D eigenvalue weighted by molar-refractivity contribution is 6.05. The number of carbonyl (C=O) groups is 1. The smallest absolute Gasteiger partial charge is 0.259 e. The van der Waals surface area contributed by atoms with E-state index in [1.807, 2.05) is 25.4 Å². The number of carbonyl (C=O) groups excluding carboxylic acids is 1. The van der Waals surface area contributed by atoms with Gasteiger partial charge in [0.1, 0.15) is 29.4 Å². The number of fused-ring (bicyclic) bond motifs is 1. The van der Waals surface area contributed by atoms with Crippen molar-refractivity contribution in [3.05, 3.63) is 72.6 Å². The minimum Gasteiger partial charge on any atom is -0.355 e. The van der Waals surface area contributed by atoms with Crippen LogP contribution in [0, 0.1) is 5.82 Å². The van der Waals surface area contributed by atoms with Crippen molar-refractivity contribution in [1.29, 1.82) is 0 Å². The number of halogens is 1. The van der Waals surface area contributed by atoms with Crippen LogP contribution in [0.25, 0.3) is 11.0 Å². The van der Waals surface area contributed by atoms with Gasteiger partial charge in [-0.2, -0.15) is 0 Å². The van der Waals surface area contributed by atoms with E-state index in [0.29, 0.717) is 11.3 Å². The third kappa shape index (κ3) is 3.97. The van der Waals surface area contributed by atoms with Crippen molar-refractivity contribution in [3.8, 4) is 0 Å². The van der Waals surface area contributed by atoms with Gasteiger partial charge in [-0.05, 0) is 48.9 Å². The van der Waals surface area contributed by atoms with E-state index in [-0.39, 0.29) is 17.8 Å². The number of benzene rings is 1. The Kier molecular flexibility index (Phi) is 5.37. The number of aromatic nitrogens is 4. The van der Waals surface area contributed by atoms with E-state index in [4.69, 9.17) is 0 Å². The van der Waals surface area contributed by atoms with Crippen molar-refractivity contribution in [1.82, 2.24) is 19.9 Å². The molecule has 1 fully saturated rings. The Hall–Kier alpha value is -4.01. The number of nitrogens with one attached hydrogen (secondary N) is 1. The maximum Gasteiger partial charge on any atom is 0.259 e. The fourth-order valence-electron chi connectivity index (χ4n) is 4.24. The van der Waals surface area contributed by atoms with Crippen molar-refractivity contribution < 1.29 is 9.18 Å². The van der Waals surface area contributed by atoms with E-state index in [2.05, 4.69) is 29.7 Å². The number of amides is 1. The van der Waals surface area contributed by atoms with Crippen LogP contribution in [-0.4, -0.2) is 59.1 Å². The molecule has 0 saturated carbocycles. The lowest BCUT2D eigenvalue weighted by Gasteiger charge is -2.26. The predicted molar refractivity (Wildman–Crippen MR) is 126 cm³/mol. The molecule has 0 radical (unpaired) electrons. The van der Waals surface area contributed by atoms with Gasteiger partial charge >= 0.3 is 0 Å². The molecular formula is C24H24FN7O. The molecule has 1 atom stereocenters. The maximum absolute atomic E-state index is 13.2. The van der Waals surface area contributed by atoms with Gasteiger partial charge in [-0.15, -0.1) is 0 Å². The van der Waals surface area contributed by atoms with Crippen LogP contribution in [0.2, 0.25) is 0 Å². The van der Waals surface area contributed by atoms with E-state index < -0.39 is 0 Å². The molecule has 1 saturated heterocycles. The lowest BCUT2D eigenvalue weighted by atomic mass is 10.2. The third-order valence-corrected chi connectivity index (χ3v) is 6.22. The van der Waals surface area contributed by atoms with E-state index in [9.17, 15) is 9.18 Å². The number of rotatable bonds is 5. The average molecular weight is 446 g/mol. The lowest BCUT2D eigenvalue weighted by Crippen LogP contribution is -2.35. The molecule has 9 heteroatoms. The summed E-state index contributed by atoms with van der Waals surface area (Å²) in [6.07, 6.45) is 6.03. The summed E-state index contributed by atoms with van der Waals surface area (Å²) in [6.45, 7) is 1.72. The van der Waals surface area contributed by atoms with Crippen LogP contribution in [-0.2, 0) is 0 Å². The fourth-order valence-corrected chi connectivity index (χ4v) is 4.24. The zero-order valence-corrected chi connectivity index (χ0v) is 18.4. The number of hydrogen-bond donors (Lipinski definition) is 1. The van der Waals surface area contributed by atoms with E-state index in [1.165, 1.54) is 17.0 Å². The second-order valence-corrected chi connectivity index (χ2v) is 8.18. The first-order valence-electron chi connectivity index (χ1n) is 10.8. The monoisotopic (exact) mass is 445 g/mol. The highest BCUT2D eigenvalue weighted by Gasteiger charge is 2.28. The van der Waals surface area contributed by atoms with Crippen LogP contribution in [0.3, 0.4) is 0 Å². The molecule has 1 aliphatic heterocycles. The molecule has 1 N–H and O–H groups in total. The number of H-pyrrole nitrogens is 1. The van der Waals surface area contributed by atoms with Crippen LogP contribution in [0.5, 0.6) is 0 Å². The summed E-state index contributed by atoms with van der Waals surface area (Å²) in [6, 6.07) is 11.7. The summed E-state index contributed by atoms with van der Waals surface area (Å²) in [7, 11) is 3.69. The van der Waals surface area contributed by atoms with Crippen LogP contribution < -0.4 is 14.7 Å². The summed E-state index contributed by atoms with van der Waals surface area (Å²) >= 11 is 0. The quantitative estimate of drug-likeness (QED) is 0.507. The van der Waals surface area contributed by atoms with E-state index in [0.717, 1.165) is 42.2 Å². The van der Waals surface area contributed by atoms with Gasteiger partial charge in [0, 0.05) is 51.3 Å². The van der Waals surface area contributed by atoms with Crippen molar-refractivity contribution in [2.45, 2.75) is 12.5 Å². The molecule has 5 rings (SSSR count). The van der Waals surface area contributed by atoms with Crippen LogP contribution in [0.4, 0.5) is 21.7 Å². The predicted octanol–water partition coefficient (Wildman–Crippen LogP) is 3.48. The number of pyridine rings is 1. The van der Waals surface area contributed by atoms with E-state index in [1.54, 1.807) is 37.8 Å². The standard InChI is InChI=1S/C24H24FN7O/c1-30(19-10-12-32(14-19)23-20-9-11-26-22(20)28-15-29-23)21-8-3-16(13-27-21)24(33)31(2)18-6-4-17(25)5-7-18/h3-9,11,13,15,19H,10,12,14H2,1-2H3,(H,26,28,29)/t19-/m1/s1. The maximum atomic E-state index is 13.2. The minimum atomic E-state index is -0.337. The molecule has 4 heterocycles. The largest absolute Gasteiger partial charge is 0.355 e. The van der Waals surface area contributed by atoms with Gasteiger partial charge in [0.05, 0.1) is 10.9 Å². The van der Waals surface area contributed by atoms with Gasteiger partial charge in [-0.25, -0.2) is 19.3 Å². The number of hydrogen-bond acceptors (Lipinski definition) is 6. The molecular weight excluding hydrogens is 421 g/mol. The van der Waals surface area contributed by atoms with Crippen LogP contribution in [0.1, 0.15) is 16.8 Å². The van der Waals surface area contributed by atoms with Crippen molar-refractivity contribution >= 4 is 34.3 Å². The van der Waals surface area contributed by atoms with Gasteiger partial charge in [0.15, 0.2) is 0 Å². The molecule has 8 nitrogen and oxygen atoms in total. The highest BCUT2D eigenvalue weighted by Crippen LogP contribution is 2.28. The topological polar surface area (TPSA) is 81.3 Å². The lowest BCUT2D eigenvalue weighted by molar-refractivity contribution is 0.0992. The molecule has 3 aromatic heterocycles.